The number of amides is 5. The minimum atomic E-state index is -0.970. The zero-order valence-corrected chi connectivity index (χ0v) is 33.7. The molecule has 3 aromatic carbocycles. The Kier molecular flexibility index (Phi) is 10.4. The Morgan fingerprint density at radius 3 is 2.14 bits per heavy atom. The van der Waals surface area contributed by atoms with Crippen LogP contribution in [0.4, 0.5) is 17.1 Å². The van der Waals surface area contributed by atoms with Gasteiger partial charge >= 0.3 is 0 Å². The van der Waals surface area contributed by atoms with Crippen LogP contribution in [0.1, 0.15) is 94.4 Å². The first-order chi connectivity index (χ1) is 28.6. The number of anilines is 2. The molecule has 59 heavy (non-hydrogen) atoms. The van der Waals surface area contributed by atoms with Crippen LogP contribution in [0, 0.1) is 24.3 Å². The molecule has 1 N–H and O–H groups in total. The van der Waals surface area contributed by atoms with Crippen molar-refractivity contribution in [2.75, 3.05) is 55.6 Å². The van der Waals surface area contributed by atoms with Crippen LogP contribution in [0.3, 0.4) is 0 Å². The second kappa shape index (κ2) is 15.8. The molecule has 0 bridgehead atoms. The Bertz CT molecular complexity index is 2320. The summed E-state index contributed by atoms with van der Waals surface area (Å²) in [6.07, 6.45) is 7.16. The van der Waals surface area contributed by atoms with Crippen LogP contribution in [0.25, 0.3) is 4.85 Å². The van der Waals surface area contributed by atoms with Gasteiger partial charge in [0, 0.05) is 84.2 Å². The number of hydrogen-bond donors (Lipinski definition) is 1. The molecular formula is C46H46ClN7O5. The lowest BCUT2D eigenvalue weighted by Crippen LogP contribution is -2.64. The summed E-state index contributed by atoms with van der Waals surface area (Å²) in [7, 11) is 0. The third kappa shape index (κ3) is 7.34. The van der Waals surface area contributed by atoms with E-state index in [-0.39, 0.29) is 30.2 Å². The van der Waals surface area contributed by atoms with E-state index in [2.05, 4.69) is 36.7 Å². The first-order valence-corrected chi connectivity index (χ1v) is 21.2. The van der Waals surface area contributed by atoms with E-state index in [0.29, 0.717) is 52.4 Å². The predicted molar refractivity (Wildman–Crippen MR) is 224 cm³/mol. The number of nitrogens with one attached hydrogen (secondary N) is 1. The monoisotopic (exact) mass is 811 g/mol. The molecule has 5 amide bonds. The van der Waals surface area contributed by atoms with Crippen molar-refractivity contribution in [3.05, 3.63) is 99.4 Å². The highest BCUT2D eigenvalue weighted by Crippen LogP contribution is 2.45. The van der Waals surface area contributed by atoms with Crippen LogP contribution in [0.2, 0.25) is 5.02 Å². The van der Waals surface area contributed by atoms with E-state index in [4.69, 9.17) is 18.2 Å². The Hall–Kier alpha value is -5.69. The van der Waals surface area contributed by atoms with Gasteiger partial charge in [-0.15, -0.1) is 0 Å². The minimum absolute atomic E-state index is 0.0396. The Labute approximate surface area is 349 Å². The topological polar surface area (TPSA) is 118 Å². The maximum atomic E-state index is 13.5. The molecule has 1 spiro atoms. The predicted octanol–water partition coefficient (Wildman–Crippen LogP) is 5.91. The van der Waals surface area contributed by atoms with Gasteiger partial charge in [0.1, 0.15) is 6.04 Å². The number of hydrogen-bond acceptors (Lipinski definition) is 8. The molecule has 6 heterocycles. The second-order valence-corrected chi connectivity index (χ2v) is 17.1. The van der Waals surface area contributed by atoms with Crippen LogP contribution in [0.5, 0.6) is 0 Å². The highest BCUT2D eigenvalue weighted by Gasteiger charge is 2.48. The average molecular weight is 812 g/mol. The summed E-state index contributed by atoms with van der Waals surface area (Å²) in [4.78, 5) is 77.7. The summed E-state index contributed by atoms with van der Waals surface area (Å²) in [5.74, 6) is 5.31. The highest BCUT2D eigenvalue weighted by molar-refractivity contribution is 6.33. The third-order valence-corrected chi connectivity index (χ3v) is 13.9. The molecular weight excluding hydrogens is 766 g/mol. The number of rotatable bonds is 5. The molecule has 0 saturated carbocycles. The number of imide groups is 2. The molecule has 0 radical (unpaired) electrons. The van der Waals surface area contributed by atoms with Crippen LogP contribution >= 0.6 is 11.6 Å². The first kappa shape index (κ1) is 38.8. The van der Waals surface area contributed by atoms with Gasteiger partial charge in [-0.25, -0.2) is 4.85 Å². The number of carbonyl (C=O) groups excluding carboxylic acids is 5. The molecule has 9 rings (SSSR count). The summed E-state index contributed by atoms with van der Waals surface area (Å²) >= 11 is 6.34. The number of piperidine rings is 4. The van der Waals surface area contributed by atoms with Gasteiger partial charge in [-0.05, 0) is 119 Å². The quantitative estimate of drug-likeness (QED) is 0.192. The van der Waals surface area contributed by atoms with E-state index in [0.717, 1.165) is 99.5 Å². The maximum absolute atomic E-state index is 13.5. The SMILES string of the molecule is [C-]#[N+]c1ccc(N2CCC23CCN(C(=O)c2ccc(C#CC4CCN(C5CCN(c6ccc7c(c6)C(=O)N(C6CCC(=O)NC6=O)C7=O)CC5)CC4)cc2)CC3)cc1Cl. The third-order valence-electron chi connectivity index (χ3n) is 13.6. The normalized spacial score (nSPS) is 22.4. The highest BCUT2D eigenvalue weighted by atomic mass is 35.5. The fourth-order valence-corrected chi connectivity index (χ4v) is 10.2. The smallest absolute Gasteiger partial charge is 0.262 e. The van der Waals surface area contributed by atoms with Crippen LogP contribution in [-0.2, 0) is 9.59 Å². The van der Waals surface area contributed by atoms with Crippen molar-refractivity contribution in [2.45, 2.75) is 75.4 Å². The molecule has 1 unspecified atom stereocenters. The standard InChI is InChI=1S/C46H46ClN7O5/c1-48-39-11-9-35(29-38(39)47)53-27-20-46(53)18-25-52(26-19-46)43(57)32-6-4-30(5-7-32)2-3-31-14-21-50(22-15-31)33-16-23-51(24-17-33)34-8-10-36-37(28-34)45(59)54(44(36)58)40-12-13-41(55)49-42(40)56/h4-11,28-29,31,33,40H,12-27H2,(H,49,55,56). The Balaban J connectivity index is 0.726. The molecule has 12 nitrogen and oxygen atoms in total. The van der Waals surface area contributed by atoms with Crippen molar-refractivity contribution in [3.63, 3.8) is 0 Å². The number of nitrogens with zero attached hydrogens (tertiary/aromatic N) is 6. The van der Waals surface area contributed by atoms with E-state index in [1.54, 1.807) is 18.2 Å². The van der Waals surface area contributed by atoms with E-state index in [1.165, 1.54) is 0 Å². The van der Waals surface area contributed by atoms with Crippen molar-refractivity contribution >= 4 is 58.2 Å². The molecule has 5 saturated heterocycles. The molecule has 6 aliphatic heterocycles. The van der Waals surface area contributed by atoms with Crippen molar-refractivity contribution in [1.82, 2.24) is 20.0 Å². The van der Waals surface area contributed by atoms with Crippen molar-refractivity contribution < 1.29 is 24.0 Å². The van der Waals surface area contributed by atoms with Gasteiger partial charge < -0.3 is 19.6 Å². The Morgan fingerprint density at radius 1 is 0.780 bits per heavy atom. The molecule has 1 atom stereocenters. The van der Waals surface area contributed by atoms with Gasteiger partial charge in [0.05, 0.1) is 17.7 Å². The van der Waals surface area contributed by atoms with Crippen molar-refractivity contribution in [2.24, 2.45) is 5.92 Å². The number of halogens is 1. The largest absolute Gasteiger partial charge is 0.371 e. The summed E-state index contributed by atoms with van der Waals surface area (Å²) < 4.78 is 0. The van der Waals surface area contributed by atoms with Gasteiger partial charge in [-0.2, -0.15) is 0 Å². The zero-order chi connectivity index (χ0) is 40.8. The summed E-state index contributed by atoms with van der Waals surface area (Å²) in [6.45, 7) is 13.3. The van der Waals surface area contributed by atoms with E-state index in [9.17, 15) is 24.0 Å². The van der Waals surface area contributed by atoms with Crippen LogP contribution < -0.4 is 15.1 Å². The lowest BCUT2D eigenvalue weighted by Gasteiger charge is -2.58. The van der Waals surface area contributed by atoms with Gasteiger partial charge in [0.15, 0.2) is 0 Å². The van der Waals surface area contributed by atoms with Gasteiger partial charge in [0.25, 0.3) is 17.7 Å². The van der Waals surface area contributed by atoms with Crippen molar-refractivity contribution in [3.8, 4) is 11.8 Å². The Morgan fingerprint density at radius 2 is 1.47 bits per heavy atom. The molecule has 13 heteroatoms. The van der Waals surface area contributed by atoms with Gasteiger partial charge in [-0.3, -0.25) is 34.2 Å². The van der Waals surface area contributed by atoms with Crippen molar-refractivity contribution in [1.29, 1.82) is 0 Å². The molecule has 3 aromatic rings. The number of benzene rings is 3. The van der Waals surface area contributed by atoms with Gasteiger partial charge in [-0.1, -0.05) is 29.5 Å². The molecule has 0 aromatic heterocycles. The number of carbonyl (C=O) groups is 5. The van der Waals surface area contributed by atoms with E-state index in [1.807, 2.05) is 47.4 Å². The number of likely N-dealkylation sites (tertiary alicyclic amines) is 2. The van der Waals surface area contributed by atoms with E-state index >= 15 is 0 Å². The van der Waals surface area contributed by atoms with Gasteiger partial charge in [0.2, 0.25) is 17.5 Å². The molecule has 302 valence electrons. The molecule has 0 aliphatic carbocycles. The van der Waals surface area contributed by atoms with Crippen LogP contribution in [-0.4, -0.2) is 108 Å². The fourth-order valence-electron chi connectivity index (χ4n) is 9.96. The molecule has 6 aliphatic rings. The lowest BCUT2D eigenvalue weighted by molar-refractivity contribution is -0.136. The summed E-state index contributed by atoms with van der Waals surface area (Å²) in [5, 5.41) is 2.73. The average Bonchev–Trinajstić information content (AvgIpc) is 3.50. The molecule has 5 fully saturated rings. The zero-order valence-electron chi connectivity index (χ0n) is 32.9. The second-order valence-electron chi connectivity index (χ2n) is 16.7. The minimum Gasteiger partial charge on any atom is -0.371 e. The van der Waals surface area contributed by atoms with Crippen LogP contribution in [0.15, 0.2) is 60.7 Å². The maximum Gasteiger partial charge on any atom is 0.262 e. The number of fused-ring (bicyclic) bond motifs is 1. The summed E-state index contributed by atoms with van der Waals surface area (Å²) in [6, 6.07) is 18.3. The fraction of sp³-hybridized carbons (Fsp3) is 0.435. The lowest BCUT2D eigenvalue weighted by atomic mass is 9.76. The van der Waals surface area contributed by atoms with E-state index < -0.39 is 23.8 Å². The summed E-state index contributed by atoms with van der Waals surface area (Å²) in [5.41, 5.74) is 4.67. The first-order valence-electron chi connectivity index (χ1n) is 20.8.